The molecule has 2 aromatic carbocycles. The van der Waals surface area contributed by atoms with E-state index in [0.29, 0.717) is 18.7 Å². The number of benzene rings is 2. The van der Waals surface area contributed by atoms with Gasteiger partial charge < -0.3 is 10.6 Å². The molecule has 4 nitrogen and oxygen atoms in total. The molecule has 1 heterocycles. The van der Waals surface area contributed by atoms with Crippen LogP contribution in [0.4, 0.5) is 14.9 Å². The Bertz CT molecular complexity index is 818. The second kappa shape index (κ2) is 6.87. The summed E-state index contributed by atoms with van der Waals surface area (Å²) in [6.07, 6.45) is 2.27. The van der Waals surface area contributed by atoms with Crippen LogP contribution in [0.3, 0.4) is 0 Å². The maximum Gasteiger partial charge on any atom is 0.319 e. The summed E-state index contributed by atoms with van der Waals surface area (Å²) in [6, 6.07) is 15.5. The fraction of sp³-hybridized carbons (Fsp3) is 0.111. The smallest absolute Gasteiger partial charge is 0.319 e. The Morgan fingerprint density at radius 1 is 1.09 bits per heavy atom. The van der Waals surface area contributed by atoms with Crippen LogP contribution >= 0.6 is 0 Å². The molecule has 3 aromatic rings. The highest BCUT2D eigenvalue weighted by atomic mass is 19.1. The molecule has 2 N–H and O–H groups in total. The molecule has 3 rings (SSSR count). The number of fused-ring (bicyclic) bond motifs is 1. The first-order chi connectivity index (χ1) is 11.2. The van der Waals surface area contributed by atoms with E-state index in [1.165, 1.54) is 12.1 Å². The molecule has 0 aliphatic heterocycles. The third kappa shape index (κ3) is 4.03. The number of anilines is 1. The van der Waals surface area contributed by atoms with Gasteiger partial charge in [-0.1, -0.05) is 30.3 Å². The number of carbonyl (C=O) groups is 1. The number of nitrogens with zero attached hydrogens (tertiary/aromatic N) is 1. The minimum atomic E-state index is -0.288. The molecule has 0 aliphatic rings. The summed E-state index contributed by atoms with van der Waals surface area (Å²) in [5.41, 5.74) is 2.50. The molecule has 0 atom stereocenters. The van der Waals surface area contributed by atoms with Crippen molar-refractivity contribution in [2.24, 2.45) is 0 Å². The van der Waals surface area contributed by atoms with Crippen molar-refractivity contribution >= 4 is 22.6 Å². The van der Waals surface area contributed by atoms with Crippen molar-refractivity contribution in [2.45, 2.75) is 6.42 Å². The van der Waals surface area contributed by atoms with E-state index < -0.39 is 0 Å². The number of hydrogen-bond donors (Lipinski definition) is 2. The third-order valence-electron chi connectivity index (χ3n) is 3.46. The van der Waals surface area contributed by atoms with Gasteiger partial charge in [-0.2, -0.15) is 0 Å². The Morgan fingerprint density at radius 2 is 1.87 bits per heavy atom. The van der Waals surface area contributed by atoms with Gasteiger partial charge in [0.15, 0.2) is 0 Å². The second-order valence-electron chi connectivity index (χ2n) is 5.17. The van der Waals surface area contributed by atoms with Gasteiger partial charge >= 0.3 is 6.03 Å². The third-order valence-corrected chi connectivity index (χ3v) is 3.46. The normalized spacial score (nSPS) is 10.5. The molecule has 0 saturated heterocycles. The quantitative estimate of drug-likeness (QED) is 0.771. The number of rotatable bonds is 4. The summed E-state index contributed by atoms with van der Waals surface area (Å²) in [7, 11) is 0. The van der Waals surface area contributed by atoms with E-state index in [9.17, 15) is 9.18 Å². The molecular weight excluding hydrogens is 293 g/mol. The lowest BCUT2D eigenvalue weighted by Crippen LogP contribution is -2.30. The maximum absolute atomic E-state index is 12.8. The lowest BCUT2D eigenvalue weighted by molar-refractivity contribution is 0.252. The molecular formula is C18H16FN3O. The number of hydrogen-bond acceptors (Lipinski definition) is 2. The largest absolute Gasteiger partial charge is 0.338 e. The average Bonchev–Trinajstić information content (AvgIpc) is 2.56. The Morgan fingerprint density at radius 3 is 2.70 bits per heavy atom. The van der Waals surface area contributed by atoms with Crippen LogP contribution in [0.2, 0.25) is 0 Å². The van der Waals surface area contributed by atoms with Gasteiger partial charge in [-0.3, -0.25) is 4.98 Å². The summed E-state index contributed by atoms with van der Waals surface area (Å²) in [5, 5.41) is 6.50. The van der Waals surface area contributed by atoms with Crippen LogP contribution in [0.5, 0.6) is 0 Å². The molecule has 0 aliphatic carbocycles. The van der Waals surface area contributed by atoms with Crippen LogP contribution in [0.15, 0.2) is 60.8 Å². The summed E-state index contributed by atoms with van der Waals surface area (Å²) in [4.78, 5) is 16.2. The Labute approximate surface area is 133 Å². The first-order valence-electron chi connectivity index (χ1n) is 7.35. The molecule has 23 heavy (non-hydrogen) atoms. The van der Waals surface area contributed by atoms with Gasteiger partial charge in [-0.25, -0.2) is 9.18 Å². The molecule has 1 aromatic heterocycles. The van der Waals surface area contributed by atoms with Crippen molar-refractivity contribution in [1.29, 1.82) is 0 Å². The van der Waals surface area contributed by atoms with Crippen molar-refractivity contribution in [3.8, 4) is 0 Å². The molecule has 116 valence electrons. The van der Waals surface area contributed by atoms with Gasteiger partial charge in [-0.05, 0) is 36.2 Å². The van der Waals surface area contributed by atoms with E-state index in [1.807, 2.05) is 30.3 Å². The zero-order valence-corrected chi connectivity index (χ0v) is 12.4. The standard InChI is InChI=1S/C18H16FN3O/c19-15-7-5-13(6-8-15)9-10-20-18(23)22-16-11-14-3-1-2-4-17(14)21-12-16/h1-8,11-12H,9-10H2,(H2,20,22,23). The minimum Gasteiger partial charge on any atom is -0.338 e. The lowest BCUT2D eigenvalue weighted by atomic mass is 10.1. The van der Waals surface area contributed by atoms with Crippen LogP contribution in [0.25, 0.3) is 10.9 Å². The van der Waals surface area contributed by atoms with E-state index in [0.717, 1.165) is 16.5 Å². The van der Waals surface area contributed by atoms with Gasteiger partial charge in [0, 0.05) is 11.9 Å². The predicted molar refractivity (Wildman–Crippen MR) is 88.9 cm³/mol. The SMILES string of the molecule is O=C(NCCc1ccc(F)cc1)Nc1cnc2ccccc2c1. The van der Waals surface area contributed by atoms with Crippen LogP contribution in [0, 0.1) is 5.82 Å². The Kier molecular flexibility index (Phi) is 4.47. The fourth-order valence-corrected chi connectivity index (χ4v) is 2.29. The molecule has 0 bridgehead atoms. The van der Waals surface area contributed by atoms with Gasteiger partial charge in [-0.15, -0.1) is 0 Å². The number of pyridine rings is 1. The summed E-state index contributed by atoms with van der Waals surface area (Å²) in [6.45, 7) is 0.471. The number of carbonyl (C=O) groups excluding carboxylic acids is 1. The van der Waals surface area contributed by atoms with Crippen LogP contribution in [-0.4, -0.2) is 17.6 Å². The number of para-hydroxylation sites is 1. The van der Waals surface area contributed by atoms with Crippen LogP contribution in [-0.2, 0) is 6.42 Å². The van der Waals surface area contributed by atoms with Crippen molar-refractivity contribution in [1.82, 2.24) is 10.3 Å². The first kappa shape index (κ1) is 15.0. The molecule has 0 radical (unpaired) electrons. The van der Waals surface area contributed by atoms with Gasteiger partial charge in [0.05, 0.1) is 17.4 Å². The zero-order valence-electron chi connectivity index (χ0n) is 12.4. The number of urea groups is 1. The Hall–Kier alpha value is -2.95. The van der Waals surface area contributed by atoms with Crippen LogP contribution in [0.1, 0.15) is 5.56 Å². The topological polar surface area (TPSA) is 54.0 Å². The highest BCUT2D eigenvalue weighted by molar-refractivity contribution is 5.91. The van der Waals surface area contributed by atoms with Crippen molar-refractivity contribution in [2.75, 3.05) is 11.9 Å². The summed E-state index contributed by atoms with van der Waals surface area (Å²) >= 11 is 0. The Balaban J connectivity index is 1.53. The van der Waals surface area contributed by atoms with Crippen LogP contribution < -0.4 is 10.6 Å². The maximum atomic E-state index is 12.8. The van der Waals surface area contributed by atoms with E-state index in [2.05, 4.69) is 15.6 Å². The van der Waals surface area contributed by atoms with Crippen molar-refractivity contribution < 1.29 is 9.18 Å². The van der Waals surface area contributed by atoms with Crippen molar-refractivity contribution in [3.63, 3.8) is 0 Å². The molecule has 0 fully saturated rings. The lowest BCUT2D eigenvalue weighted by Gasteiger charge is -2.08. The van der Waals surface area contributed by atoms with E-state index in [4.69, 9.17) is 0 Å². The predicted octanol–water partition coefficient (Wildman–Crippen LogP) is 3.74. The highest BCUT2D eigenvalue weighted by Crippen LogP contribution is 2.15. The number of nitrogens with one attached hydrogen (secondary N) is 2. The molecule has 0 saturated carbocycles. The zero-order chi connectivity index (χ0) is 16.1. The number of aromatic nitrogens is 1. The molecule has 0 unspecified atom stereocenters. The highest BCUT2D eigenvalue weighted by Gasteiger charge is 2.03. The number of amides is 2. The number of halogens is 1. The van der Waals surface area contributed by atoms with E-state index in [1.54, 1.807) is 18.3 Å². The van der Waals surface area contributed by atoms with Gasteiger partial charge in [0.2, 0.25) is 0 Å². The average molecular weight is 309 g/mol. The summed E-state index contributed by atoms with van der Waals surface area (Å²) < 4.78 is 12.8. The van der Waals surface area contributed by atoms with Gasteiger partial charge in [0.25, 0.3) is 0 Å². The van der Waals surface area contributed by atoms with Gasteiger partial charge in [0.1, 0.15) is 5.82 Å². The second-order valence-corrected chi connectivity index (χ2v) is 5.17. The van der Waals surface area contributed by atoms with E-state index in [-0.39, 0.29) is 11.8 Å². The molecule has 2 amide bonds. The molecule has 0 spiro atoms. The molecule has 5 heteroatoms. The fourth-order valence-electron chi connectivity index (χ4n) is 2.29. The minimum absolute atomic E-state index is 0.261. The van der Waals surface area contributed by atoms with E-state index >= 15 is 0 Å². The monoisotopic (exact) mass is 309 g/mol. The first-order valence-corrected chi connectivity index (χ1v) is 7.35. The summed E-state index contributed by atoms with van der Waals surface area (Å²) in [5.74, 6) is -0.261. The van der Waals surface area contributed by atoms with Crippen molar-refractivity contribution in [3.05, 3.63) is 72.2 Å².